The molecule has 0 spiro atoms. The van der Waals surface area contributed by atoms with Crippen molar-refractivity contribution in [3.63, 3.8) is 0 Å². The number of para-hydroxylation sites is 1. The largest absolute Gasteiger partial charge is 0.493 e. The van der Waals surface area contributed by atoms with Crippen molar-refractivity contribution in [3.05, 3.63) is 64.2 Å². The smallest absolute Gasteiger partial charge is 0.269 e. The van der Waals surface area contributed by atoms with Gasteiger partial charge in [-0.3, -0.25) is 19.8 Å². The fourth-order valence-corrected chi connectivity index (χ4v) is 3.84. The van der Waals surface area contributed by atoms with E-state index < -0.39 is 4.92 Å². The van der Waals surface area contributed by atoms with Crippen LogP contribution in [0.2, 0.25) is 0 Å². The summed E-state index contributed by atoms with van der Waals surface area (Å²) in [6.07, 6.45) is 6.60. The summed E-state index contributed by atoms with van der Waals surface area (Å²) in [5.41, 5.74) is 1.95. The summed E-state index contributed by atoms with van der Waals surface area (Å²) in [5, 5.41) is 13.7. The molecule has 160 valence electrons. The number of hydrogen-bond donors (Lipinski definition) is 1. The van der Waals surface area contributed by atoms with Gasteiger partial charge >= 0.3 is 0 Å². The molecule has 2 aromatic carbocycles. The van der Waals surface area contributed by atoms with Crippen molar-refractivity contribution in [2.75, 3.05) is 19.0 Å². The summed E-state index contributed by atoms with van der Waals surface area (Å²) in [6.45, 7) is 1.01. The number of ether oxygens (including phenoxy) is 1. The minimum atomic E-state index is -0.458. The monoisotopic (exact) mass is 411 g/mol. The lowest BCUT2D eigenvalue weighted by molar-refractivity contribution is -0.384. The van der Waals surface area contributed by atoms with Crippen molar-refractivity contribution >= 4 is 17.3 Å². The zero-order valence-corrected chi connectivity index (χ0v) is 17.4. The molecule has 0 aromatic heterocycles. The minimum absolute atomic E-state index is 0.00916. The van der Waals surface area contributed by atoms with Gasteiger partial charge in [0.15, 0.2) is 0 Å². The van der Waals surface area contributed by atoms with Crippen LogP contribution >= 0.6 is 0 Å². The molecular weight excluding hydrogens is 382 g/mol. The molecule has 2 aromatic rings. The van der Waals surface area contributed by atoms with E-state index in [2.05, 4.69) is 23.3 Å². The highest BCUT2D eigenvalue weighted by Gasteiger charge is 2.19. The molecule has 1 aliphatic carbocycles. The second kappa shape index (κ2) is 10.7. The lowest BCUT2D eigenvalue weighted by Gasteiger charge is -2.31. The van der Waals surface area contributed by atoms with Crippen LogP contribution in [0.3, 0.4) is 0 Å². The average molecular weight is 412 g/mol. The molecular formula is C23H29N3O4. The molecule has 0 heterocycles. The summed E-state index contributed by atoms with van der Waals surface area (Å²) in [7, 11) is 2.16. The number of nitrogens with zero attached hydrogens (tertiary/aromatic N) is 2. The van der Waals surface area contributed by atoms with Crippen LogP contribution < -0.4 is 10.1 Å². The van der Waals surface area contributed by atoms with E-state index >= 15 is 0 Å². The number of rotatable bonds is 9. The number of nitro benzene ring substituents is 1. The molecule has 3 rings (SSSR count). The second-order valence-corrected chi connectivity index (χ2v) is 7.76. The fourth-order valence-electron chi connectivity index (χ4n) is 3.84. The Labute approximate surface area is 177 Å². The van der Waals surface area contributed by atoms with E-state index in [1.807, 2.05) is 18.2 Å². The van der Waals surface area contributed by atoms with Gasteiger partial charge in [-0.25, -0.2) is 0 Å². The summed E-state index contributed by atoms with van der Waals surface area (Å²) in [5.74, 6) is 0.382. The Hall–Kier alpha value is -2.93. The molecule has 1 saturated carbocycles. The van der Waals surface area contributed by atoms with Crippen molar-refractivity contribution in [3.8, 4) is 5.75 Å². The molecule has 0 bridgehead atoms. The molecule has 0 radical (unpaired) electrons. The summed E-state index contributed by atoms with van der Waals surface area (Å²) < 4.78 is 5.53. The molecule has 0 saturated heterocycles. The van der Waals surface area contributed by atoms with Gasteiger partial charge in [0.25, 0.3) is 5.69 Å². The number of hydrogen-bond acceptors (Lipinski definition) is 5. The van der Waals surface area contributed by atoms with E-state index in [0.29, 0.717) is 11.8 Å². The molecule has 1 N–H and O–H groups in total. The zero-order valence-electron chi connectivity index (χ0n) is 17.4. The van der Waals surface area contributed by atoms with Gasteiger partial charge in [-0.05, 0) is 43.7 Å². The van der Waals surface area contributed by atoms with E-state index in [4.69, 9.17) is 4.74 Å². The van der Waals surface area contributed by atoms with Crippen LogP contribution in [0.25, 0.3) is 0 Å². The highest BCUT2D eigenvalue weighted by Crippen LogP contribution is 2.25. The van der Waals surface area contributed by atoms with E-state index in [-0.39, 0.29) is 24.6 Å². The van der Waals surface area contributed by atoms with E-state index in [1.165, 1.54) is 56.4 Å². The van der Waals surface area contributed by atoms with Gasteiger partial charge in [-0.2, -0.15) is 0 Å². The molecule has 1 fully saturated rings. The molecule has 7 heteroatoms. The van der Waals surface area contributed by atoms with Crippen molar-refractivity contribution in [1.29, 1.82) is 0 Å². The van der Waals surface area contributed by atoms with Gasteiger partial charge in [0, 0.05) is 30.4 Å². The number of non-ortho nitro benzene ring substituents is 1. The predicted octanol–water partition coefficient (Wildman–Crippen LogP) is 4.77. The Bertz CT molecular complexity index is 848. The maximum Gasteiger partial charge on any atom is 0.269 e. The van der Waals surface area contributed by atoms with Crippen molar-refractivity contribution in [1.82, 2.24) is 4.90 Å². The van der Waals surface area contributed by atoms with Crippen LogP contribution in [-0.2, 0) is 11.3 Å². The number of anilines is 1. The Morgan fingerprint density at radius 3 is 2.53 bits per heavy atom. The summed E-state index contributed by atoms with van der Waals surface area (Å²) in [6, 6.07) is 14.4. The number of nitrogens with one attached hydrogen (secondary N) is 1. The Balaban J connectivity index is 1.49. The Morgan fingerprint density at radius 2 is 1.83 bits per heavy atom. The van der Waals surface area contributed by atoms with Gasteiger partial charge in [0.05, 0.1) is 18.0 Å². The molecule has 1 amide bonds. The first-order chi connectivity index (χ1) is 14.5. The summed E-state index contributed by atoms with van der Waals surface area (Å²) in [4.78, 5) is 25.0. The first-order valence-corrected chi connectivity index (χ1v) is 10.5. The normalized spacial score (nSPS) is 14.5. The van der Waals surface area contributed by atoms with Crippen LogP contribution in [0.15, 0.2) is 48.5 Å². The number of carbonyl (C=O) groups excluding carboxylic acids is 1. The van der Waals surface area contributed by atoms with Gasteiger partial charge in [0.1, 0.15) is 5.75 Å². The van der Waals surface area contributed by atoms with Crippen molar-refractivity contribution < 1.29 is 14.5 Å². The van der Waals surface area contributed by atoms with E-state index in [0.717, 1.165) is 17.8 Å². The van der Waals surface area contributed by atoms with Crippen LogP contribution in [-0.4, -0.2) is 35.4 Å². The van der Waals surface area contributed by atoms with Crippen LogP contribution in [0.5, 0.6) is 5.75 Å². The van der Waals surface area contributed by atoms with Gasteiger partial charge in [-0.1, -0.05) is 37.5 Å². The number of benzene rings is 2. The minimum Gasteiger partial charge on any atom is -0.493 e. The Morgan fingerprint density at radius 1 is 1.13 bits per heavy atom. The third-order valence-corrected chi connectivity index (χ3v) is 5.55. The maximum absolute atomic E-state index is 12.4. The quantitative estimate of drug-likeness (QED) is 0.475. The molecule has 30 heavy (non-hydrogen) atoms. The number of nitro groups is 1. The SMILES string of the molecule is CN(Cc1ccccc1NC(=O)CCOc1ccc([N+](=O)[O-])cc1)C1CCCCC1. The van der Waals surface area contributed by atoms with Gasteiger partial charge in [-0.15, -0.1) is 0 Å². The van der Waals surface area contributed by atoms with Crippen molar-refractivity contribution in [2.45, 2.75) is 51.1 Å². The highest BCUT2D eigenvalue weighted by molar-refractivity contribution is 5.91. The first-order valence-electron chi connectivity index (χ1n) is 10.5. The lowest BCUT2D eigenvalue weighted by atomic mass is 9.94. The maximum atomic E-state index is 12.4. The topological polar surface area (TPSA) is 84.7 Å². The van der Waals surface area contributed by atoms with Crippen LogP contribution in [0, 0.1) is 10.1 Å². The van der Waals surface area contributed by atoms with Crippen LogP contribution in [0.4, 0.5) is 11.4 Å². The van der Waals surface area contributed by atoms with Gasteiger partial charge in [0.2, 0.25) is 5.91 Å². The summed E-state index contributed by atoms with van der Waals surface area (Å²) >= 11 is 0. The zero-order chi connectivity index (χ0) is 21.3. The van der Waals surface area contributed by atoms with E-state index in [1.54, 1.807) is 0 Å². The van der Waals surface area contributed by atoms with Gasteiger partial charge < -0.3 is 10.1 Å². The second-order valence-electron chi connectivity index (χ2n) is 7.76. The molecule has 0 aliphatic heterocycles. The third kappa shape index (κ3) is 6.29. The first kappa shape index (κ1) is 21.8. The average Bonchev–Trinajstić information content (AvgIpc) is 2.76. The molecule has 0 unspecified atom stereocenters. The fraction of sp³-hybridized carbons (Fsp3) is 0.435. The molecule has 7 nitrogen and oxygen atoms in total. The third-order valence-electron chi connectivity index (χ3n) is 5.55. The number of carbonyl (C=O) groups is 1. The standard InChI is InChI=1S/C23H29N3O4/c1-25(19-8-3-2-4-9-19)17-18-7-5-6-10-22(18)24-23(27)15-16-30-21-13-11-20(12-14-21)26(28)29/h5-7,10-14,19H,2-4,8-9,15-17H2,1H3,(H,24,27). The molecule has 1 aliphatic rings. The predicted molar refractivity (Wildman–Crippen MR) is 117 cm³/mol. The number of amides is 1. The molecule has 0 atom stereocenters. The van der Waals surface area contributed by atoms with Crippen molar-refractivity contribution in [2.24, 2.45) is 0 Å². The van der Waals surface area contributed by atoms with E-state index in [9.17, 15) is 14.9 Å². The highest BCUT2D eigenvalue weighted by atomic mass is 16.6. The lowest BCUT2D eigenvalue weighted by Crippen LogP contribution is -2.33. The Kier molecular flexibility index (Phi) is 7.79. The van der Waals surface area contributed by atoms with Crippen LogP contribution in [0.1, 0.15) is 44.1 Å².